The van der Waals surface area contributed by atoms with Crippen LogP contribution in [0.5, 0.6) is 17.2 Å². The Hall–Kier alpha value is -1.71. The standard InChI is InChI=1S/C11H14O4/c1-7(12)4-9-10(13)5-8(14-2)6-11(9)15-3/h5-6,13H,4H2,1-3H3. The molecule has 0 aliphatic rings. The predicted octanol–water partition coefficient (Wildman–Crippen LogP) is 1.54. The summed E-state index contributed by atoms with van der Waals surface area (Å²) in [7, 11) is 2.98. The molecular formula is C11H14O4. The fraction of sp³-hybridized carbons (Fsp3) is 0.364. The van der Waals surface area contributed by atoms with Gasteiger partial charge in [0.2, 0.25) is 0 Å². The van der Waals surface area contributed by atoms with Crippen LogP contribution in [0.4, 0.5) is 0 Å². The van der Waals surface area contributed by atoms with E-state index in [9.17, 15) is 9.90 Å². The average Bonchev–Trinajstić information content (AvgIpc) is 2.20. The van der Waals surface area contributed by atoms with E-state index in [2.05, 4.69) is 0 Å². The lowest BCUT2D eigenvalue weighted by atomic mass is 10.1. The number of hydrogen-bond donors (Lipinski definition) is 1. The minimum Gasteiger partial charge on any atom is -0.507 e. The number of rotatable bonds is 4. The zero-order chi connectivity index (χ0) is 11.4. The van der Waals surface area contributed by atoms with Crippen molar-refractivity contribution in [2.24, 2.45) is 0 Å². The SMILES string of the molecule is COc1cc(O)c(CC(C)=O)c(OC)c1. The van der Waals surface area contributed by atoms with Gasteiger partial charge in [0.1, 0.15) is 23.0 Å². The van der Waals surface area contributed by atoms with E-state index in [1.807, 2.05) is 0 Å². The lowest BCUT2D eigenvalue weighted by Crippen LogP contribution is -2.00. The molecule has 0 bridgehead atoms. The van der Waals surface area contributed by atoms with E-state index in [0.29, 0.717) is 17.1 Å². The Labute approximate surface area is 88.4 Å². The molecule has 4 nitrogen and oxygen atoms in total. The molecule has 0 saturated carbocycles. The molecule has 0 aromatic heterocycles. The minimum absolute atomic E-state index is 0.0152. The molecule has 0 unspecified atom stereocenters. The third kappa shape index (κ3) is 2.62. The molecule has 1 rings (SSSR count). The lowest BCUT2D eigenvalue weighted by Gasteiger charge is -2.11. The highest BCUT2D eigenvalue weighted by molar-refractivity contribution is 5.80. The van der Waals surface area contributed by atoms with Crippen molar-refractivity contribution in [2.75, 3.05) is 14.2 Å². The van der Waals surface area contributed by atoms with Gasteiger partial charge in [-0.1, -0.05) is 0 Å². The van der Waals surface area contributed by atoms with Crippen LogP contribution in [0.2, 0.25) is 0 Å². The maximum atomic E-state index is 11.0. The predicted molar refractivity (Wildman–Crippen MR) is 55.6 cm³/mol. The van der Waals surface area contributed by atoms with Crippen molar-refractivity contribution in [3.8, 4) is 17.2 Å². The Morgan fingerprint density at radius 3 is 2.47 bits per heavy atom. The Bertz CT molecular complexity index is 371. The summed E-state index contributed by atoms with van der Waals surface area (Å²) in [4.78, 5) is 11.0. The summed E-state index contributed by atoms with van der Waals surface area (Å²) in [6, 6.07) is 3.10. The van der Waals surface area contributed by atoms with Gasteiger partial charge in [-0.3, -0.25) is 4.79 Å². The van der Waals surface area contributed by atoms with Gasteiger partial charge in [-0.2, -0.15) is 0 Å². The largest absolute Gasteiger partial charge is 0.507 e. The highest BCUT2D eigenvalue weighted by atomic mass is 16.5. The topological polar surface area (TPSA) is 55.8 Å². The maximum Gasteiger partial charge on any atom is 0.134 e. The molecule has 0 saturated heterocycles. The summed E-state index contributed by atoms with van der Waals surface area (Å²) >= 11 is 0. The first-order chi connectivity index (χ1) is 7.08. The van der Waals surface area contributed by atoms with Crippen molar-refractivity contribution >= 4 is 5.78 Å². The van der Waals surface area contributed by atoms with Crippen molar-refractivity contribution in [1.82, 2.24) is 0 Å². The summed E-state index contributed by atoms with van der Waals surface area (Å²) in [6.07, 6.45) is 0.152. The maximum absolute atomic E-state index is 11.0. The first-order valence-corrected chi connectivity index (χ1v) is 4.51. The highest BCUT2D eigenvalue weighted by Gasteiger charge is 2.13. The van der Waals surface area contributed by atoms with E-state index < -0.39 is 0 Å². The van der Waals surface area contributed by atoms with Crippen LogP contribution < -0.4 is 9.47 Å². The Morgan fingerprint density at radius 2 is 2.00 bits per heavy atom. The molecule has 0 heterocycles. The molecule has 0 aliphatic heterocycles. The molecule has 0 aliphatic carbocycles. The van der Waals surface area contributed by atoms with E-state index in [0.717, 1.165) is 0 Å². The number of phenolic OH excluding ortho intramolecular Hbond substituents is 1. The molecule has 0 atom stereocenters. The summed E-state index contributed by atoms with van der Waals surface area (Å²) in [5.74, 6) is 0.939. The number of ketones is 1. The number of Topliss-reactive ketones (excluding diaryl/α,β-unsaturated/α-hetero) is 1. The molecule has 0 radical (unpaired) electrons. The van der Waals surface area contributed by atoms with Gasteiger partial charge in [0.15, 0.2) is 0 Å². The summed E-state index contributed by atoms with van der Waals surface area (Å²) in [6.45, 7) is 1.46. The zero-order valence-corrected chi connectivity index (χ0v) is 9.03. The zero-order valence-electron chi connectivity index (χ0n) is 9.03. The third-order valence-electron chi connectivity index (χ3n) is 2.04. The summed E-state index contributed by atoms with van der Waals surface area (Å²) in [5.41, 5.74) is 0.491. The van der Waals surface area contributed by atoms with Crippen molar-refractivity contribution < 1.29 is 19.4 Å². The van der Waals surface area contributed by atoms with Crippen LogP contribution in [0.15, 0.2) is 12.1 Å². The fourth-order valence-corrected chi connectivity index (χ4v) is 1.33. The first-order valence-electron chi connectivity index (χ1n) is 4.51. The van der Waals surface area contributed by atoms with Gasteiger partial charge >= 0.3 is 0 Å². The second-order valence-corrected chi connectivity index (χ2v) is 3.21. The van der Waals surface area contributed by atoms with Gasteiger partial charge in [0.25, 0.3) is 0 Å². The van der Waals surface area contributed by atoms with E-state index in [1.165, 1.54) is 27.2 Å². The first kappa shape index (κ1) is 11.4. The van der Waals surface area contributed by atoms with Gasteiger partial charge < -0.3 is 14.6 Å². The van der Waals surface area contributed by atoms with Gasteiger partial charge in [0.05, 0.1) is 14.2 Å². The lowest BCUT2D eigenvalue weighted by molar-refractivity contribution is -0.116. The highest BCUT2D eigenvalue weighted by Crippen LogP contribution is 2.33. The van der Waals surface area contributed by atoms with Crippen molar-refractivity contribution in [1.29, 1.82) is 0 Å². The number of methoxy groups -OCH3 is 2. The van der Waals surface area contributed by atoms with E-state index in [1.54, 1.807) is 6.07 Å². The molecule has 1 N–H and O–H groups in total. The molecule has 0 amide bonds. The number of carbonyl (C=O) groups excluding carboxylic acids is 1. The van der Waals surface area contributed by atoms with Crippen LogP contribution >= 0.6 is 0 Å². The van der Waals surface area contributed by atoms with E-state index in [-0.39, 0.29) is 18.0 Å². The van der Waals surface area contributed by atoms with Gasteiger partial charge in [-0.25, -0.2) is 0 Å². The Morgan fingerprint density at radius 1 is 1.33 bits per heavy atom. The molecule has 0 spiro atoms. The average molecular weight is 210 g/mol. The van der Waals surface area contributed by atoms with E-state index in [4.69, 9.17) is 9.47 Å². The molecule has 15 heavy (non-hydrogen) atoms. The van der Waals surface area contributed by atoms with E-state index >= 15 is 0 Å². The molecule has 82 valence electrons. The Kier molecular flexibility index (Phi) is 3.55. The number of phenols is 1. The van der Waals surface area contributed by atoms with Crippen molar-refractivity contribution in [3.63, 3.8) is 0 Å². The molecule has 4 heteroatoms. The number of aromatic hydroxyl groups is 1. The third-order valence-corrected chi connectivity index (χ3v) is 2.04. The van der Waals surface area contributed by atoms with Crippen LogP contribution in [0.1, 0.15) is 12.5 Å². The number of hydrogen-bond acceptors (Lipinski definition) is 4. The summed E-state index contributed by atoms with van der Waals surface area (Å²) < 4.78 is 10.0. The number of carbonyl (C=O) groups is 1. The van der Waals surface area contributed by atoms with Gasteiger partial charge in [0, 0.05) is 24.1 Å². The number of benzene rings is 1. The normalized spacial score (nSPS) is 9.80. The molecule has 0 fully saturated rings. The second-order valence-electron chi connectivity index (χ2n) is 3.21. The molecular weight excluding hydrogens is 196 g/mol. The quantitative estimate of drug-likeness (QED) is 0.819. The smallest absolute Gasteiger partial charge is 0.134 e. The van der Waals surface area contributed by atoms with Crippen molar-refractivity contribution in [2.45, 2.75) is 13.3 Å². The summed E-state index contributed by atoms with van der Waals surface area (Å²) in [5, 5.41) is 9.67. The second kappa shape index (κ2) is 4.68. The minimum atomic E-state index is -0.0335. The Balaban J connectivity index is 3.18. The van der Waals surface area contributed by atoms with Crippen LogP contribution in [0.25, 0.3) is 0 Å². The van der Waals surface area contributed by atoms with Crippen LogP contribution in [0, 0.1) is 0 Å². The van der Waals surface area contributed by atoms with Crippen LogP contribution in [-0.4, -0.2) is 25.1 Å². The molecule has 1 aromatic carbocycles. The van der Waals surface area contributed by atoms with Crippen LogP contribution in [-0.2, 0) is 11.2 Å². The van der Waals surface area contributed by atoms with Crippen molar-refractivity contribution in [3.05, 3.63) is 17.7 Å². The monoisotopic (exact) mass is 210 g/mol. The van der Waals surface area contributed by atoms with Gasteiger partial charge in [-0.15, -0.1) is 0 Å². The number of ether oxygens (including phenoxy) is 2. The van der Waals surface area contributed by atoms with Crippen LogP contribution in [0.3, 0.4) is 0 Å². The molecule has 1 aromatic rings. The van der Waals surface area contributed by atoms with Gasteiger partial charge in [-0.05, 0) is 6.92 Å². The fourth-order valence-electron chi connectivity index (χ4n) is 1.33.